The first kappa shape index (κ1) is 15.8. The highest BCUT2D eigenvalue weighted by Crippen LogP contribution is 2.38. The number of halogens is 3. The molecule has 1 heterocycles. The second kappa shape index (κ2) is 6.92. The lowest BCUT2D eigenvalue weighted by Crippen LogP contribution is -2.48. The maximum atomic E-state index is 3.68. The Balaban J connectivity index is 2.17. The highest BCUT2D eigenvalue weighted by molar-refractivity contribution is 9.11. The Labute approximate surface area is 140 Å². The van der Waals surface area contributed by atoms with Gasteiger partial charge in [-0.05, 0) is 56.8 Å². The van der Waals surface area contributed by atoms with E-state index < -0.39 is 0 Å². The minimum Gasteiger partial charge on any atom is -0.368 e. The lowest BCUT2D eigenvalue weighted by Gasteiger charge is -2.36. The van der Waals surface area contributed by atoms with Crippen molar-refractivity contribution in [1.29, 1.82) is 0 Å². The fourth-order valence-electron chi connectivity index (χ4n) is 2.62. The topological polar surface area (TPSA) is 15.3 Å². The van der Waals surface area contributed by atoms with E-state index in [2.05, 4.69) is 84.0 Å². The Morgan fingerprint density at radius 3 is 2.42 bits per heavy atom. The van der Waals surface area contributed by atoms with Gasteiger partial charge in [0, 0.05) is 38.6 Å². The zero-order valence-electron chi connectivity index (χ0n) is 11.2. The molecule has 1 aromatic carbocycles. The molecule has 1 atom stereocenters. The summed E-state index contributed by atoms with van der Waals surface area (Å²) >= 11 is 10.9. The van der Waals surface area contributed by atoms with Crippen molar-refractivity contribution in [2.24, 2.45) is 0 Å². The molecule has 0 aromatic heterocycles. The number of anilines is 1. The van der Waals surface area contributed by atoms with E-state index in [-0.39, 0.29) is 0 Å². The van der Waals surface area contributed by atoms with Crippen LogP contribution < -0.4 is 10.2 Å². The van der Waals surface area contributed by atoms with Gasteiger partial charge in [0.1, 0.15) is 0 Å². The van der Waals surface area contributed by atoms with Crippen molar-refractivity contribution in [3.63, 3.8) is 0 Å². The quantitative estimate of drug-likeness (QED) is 0.695. The van der Waals surface area contributed by atoms with Gasteiger partial charge in [0.15, 0.2) is 0 Å². The van der Waals surface area contributed by atoms with Crippen LogP contribution in [0.3, 0.4) is 0 Å². The van der Waals surface area contributed by atoms with Crippen molar-refractivity contribution >= 4 is 53.5 Å². The molecule has 0 bridgehead atoms. The fraction of sp³-hybridized carbons (Fsp3) is 0.571. The van der Waals surface area contributed by atoms with Crippen LogP contribution >= 0.6 is 47.8 Å². The van der Waals surface area contributed by atoms with Gasteiger partial charge in [0.05, 0.1) is 5.69 Å². The first-order valence-corrected chi connectivity index (χ1v) is 9.01. The van der Waals surface area contributed by atoms with Gasteiger partial charge in [-0.25, -0.2) is 0 Å². The Morgan fingerprint density at radius 1 is 1.21 bits per heavy atom. The Bertz CT molecular complexity index is 425. The molecule has 1 fully saturated rings. The molecule has 1 saturated heterocycles. The maximum absolute atomic E-state index is 3.68. The van der Waals surface area contributed by atoms with Crippen LogP contribution in [-0.2, 0) is 0 Å². The summed E-state index contributed by atoms with van der Waals surface area (Å²) in [4.78, 5) is 2.46. The molecule has 19 heavy (non-hydrogen) atoms. The summed E-state index contributed by atoms with van der Waals surface area (Å²) in [6.45, 7) is 6.61. The summed E-state index contributed by atoms with van der Waals surface area (Å²) in [5.41, 5.74) is 1.26. The zero-order chi connectivity index (χ0) is 14.0. The van der Waals surface area contributed by atoms with Crippen molar-refractivity contribution in [1.82, 2.24) is 5.32 Å². The predicted molar refractivity (Wildman–Crippen MR) is 93.0 cm³/mol. The molecule has 1 aliphatic heterocycles. The normalized spacial score (nSPS) is 20.1. The van der Waals surface area contributed by atoms with Gasteiger partial charge >= 0.3 is 0 Å². The molecule has 1 unspecified atom stereocenters. The molecule has 0 spiro atoms. The summed E-state index contributed by atoms with van der Waals surface area (Å²) < 4.78 is 3.36. The molecular weight excluding hydrogens is 436 g/mol. The average molecular weight is 455 g/mol. The highest BCUT2D eigenvalue weighted by atomic mass is 79.9. The van der Waals surface area contributed by atoms with Gasteiger partial charge in [0.25, 0.3) is 0 Å². The standard InChI is InChI=1S/C14H19Br3N2/c1-9(2)18-11-4-3-5-19(8-11)14-12(16)6-10(15)7-13(14)17/h6-7,9,11,18H,3-5,8H2,1-2H3. The van der Waals surface area contributed by atoms with Gasteiger partial charge in [-0.3, -0.25) is 0 Å². The smallest absolute Gasteiger partial charge is 0.0656 e. The van der Waals surface area contributed by atoms with E-state index in [9.17, 15) is 0 Å². The van der Waals surface area contributed by atoms with Crippen molar-refractivity contribution in [3.05, 3.63) is 25.6 Å². The number of benzene rings is 1. The zero-order valence-corrected chi connectivity index (χ0v) is 16.0. The molecule has 2 rings (SSSR count). The van der Waals surface area contributed by atoms with Crippen LogP contribution in [0.5, 0.6) is 0 Å². The molecule has 1 aliphatic rings. The van der Waals surface area contributed by atoms with Gasteiger partial charge in [-0.1, -0.05) is 29.8 Å². The molecule has 2 nitrogen and oxygen atoms in total. The first-order valence-electron chi connectivity index (χ1n) is 6.63. The predicted octanol–water partition coefficient (Wildman–Crippen LogP) is 4.94. The van der Waals surface area contributed by atoms with Crippen LogP contribution in [0.25, 0.3) is 0 Å². The maximum Gasteiger partial charge on any atom is 0.0656 e. The van der Waals surface area contributed by atoms with Crippen LogP contribution in [0.4, 0.5) is 5.69 Å². The summed E-state index contributed by atoms with van der Waals surface area (Å²) in [5, 5.41) is 3.65. The van der Waals surface area contributed by atoms with Crippen LogP contribution in [-0.4, -0.2) is 25.2 Å². The van der Waals surface area contributed by atoms with Gasteiger partial charge in [0.2, 0.25) is 0 Å². The summed E-state index contributed by atoms with van der Waals surface area (Å²) in [5.74, 6) is 0. The molecule has 1 aromatic rings. The second-order valence-electron chi connectivity index (χ2n) is 5.32. The second-order valence-corrected chi connectivity index (χ2v) is 7.95. The molecule has 0 radical (unpaired) electrons. The molecule has 0 amide bonds. The van der Waals surface area contributed by atoms with Crippen LogP contribution in [0.2, 0.25) is 0 Å². The number of piperidine rings is 1. The van der Waals surface area contributed by atoms with E-state index in [0.29, 0.717) is 12.1 Å². The number of nitrogens with one attached hydrogen (secondary N) is 1. The van der Waals surface area contributed by atoms with Crippen molar-refractivity contribution < 1.29 is 0 Å². The minimum absolute atomic E-state index is 0.543. The van der Waals surface area contributed by atoms with Gasteiger partial charge in [-0.15, -0.1) is 0 Å². The lowest BCUT2D eigenvalue weighted by atomic mass is 10.0. The third-order valence-electron chi connectivity index (χ3n) is 3.29. The van der Waals surface area contributed by atoms with E-state index >= 15 is 0 Å². The van der Waals surface area contributed by atoms with Crippen LogP contribution in [0, 0.1) is 0 Å². The first-order chi connectivity index (χ1) is 8.97. The Morgan fingerprint density at radius 2 is 1.84 bits per heavy atom. The van der Waals surface area contributed by atoms with Crippen molar-refractivity contribution in [2.75, 3.05) is 18.0 Å². The third kappa shape index (κ3) is 4.19. The Hall–Kier alpha value is 0.420. The van der Waals surface area contributed by atoms with Crippen LogP contribution in [0.15, 0.2) is 25.6 Å². The number of nitrogens with zero attached hydrogens (tertiary/aromatic N) is 1. The van der Waals surface area contributed by atoms with E-state index in [1.807, 2.05) is 0 Å². The Kier molecular flexibility index (Phi) is 5.76. The number of hydrogen-bond donors (Lipinski definition) is 1. The summed E-state index contributed by atoms with van der Waals surface area (Å²) in [7, 11) is 0. The number of hydrogen-bond acceptors (Lipinski definition) is 2. The summed E-state index contributed by atoms with van der Waals surface area (Å²) in [6, 6.07) is 5.34. The lowest BCUT2D eigenvalue weighted by molar-refractivity contribution is 0.394. The van der Waals surface area contributed by atoms with Crippen molar-refractivity contribution in [2.45, 2.75) is 38.8 Å². The fourth-order valence-corrected chi connectivity index (χ4v) is 5.38. The summed E-state index contributed by atoms with van der Waals surface area (Å²) in [6.07, 6.45) is 2.50. The van der Waals surface area contributed by atoms with E-state index in [1.165, 1.54) is 18.5 Å². The monoisotopic (exact) mass is 452 g/mol. The average Bonchev–Trinajstić information content (AvgIpc) is 2.26. The largest absolute Gasteiger partial charge is 0.368 e. The van der Waals surface area contributed by atoms with Gasteiger partial charge in [-0.2, -0.15) is 0 Å². The molecular formula is C14H19Br3N2. The third-order valence-corrected chi connectivity index (χ3v) is 4.96. The molecule has 1 N–H and O–H groups in total. The SMILES string of the molecule is CC(C)NC1CCCN(c2c(Br)cc(Br)cc2Br)C1. The molecule has 5 heteroatoms. The van der Waals surface area contributed by atoms with Gasteiger partial charge < -0.3 is 10.2 Å². The van der Waals surface area contributed by atoms with E-state index in [0.717, 1.165) is 26.5 Å². The van der Waals surface area contributed by atoms with Crippen LogP contribution in [0.1, 0.15) is 26.7 Å². The molecule has 106 valence electrons. The number of rotatable bonds is 3. The highest BCUT2D eigenvalue weighted by Gasteiger charge is 2.23. The van der Waals surface area contributed by atoms with E-state index in [4.69, 9.17) is 0 Å². The molecule has 0 aliphatic carbocycles. The molecule has 0 saturated carbocycles. The van der Waals surface area contributed by atoms with E-state index in [1.54, 1.807) is 0 Å². The minimum atomic E-state index is 0.543. The van der Waals surface area contributed by atoms with Crippen molar-refractivity contribution in [3.8, 4) is 0 Å².